The van der Waals surface area contributed by atoms with E-state index >= 15 is 0 Å². The van der Waals surface area contributed by atoms with Crippen LogP contribution in [-0.4, -0.2) is 58.7 Å². The van der Waals surface area contributed by atoms with Crippen LogP contribution in [0.1, 0.15) is 17.3 Å². The topological polar surface area (TPSA) is 78.4 Å². The zero-order valence-electron chi connectivity index (χ0n) is 12.5. The number of amides is 1. The second kappa shape index (κ2) is 6.15. The molecule has 2 aromatic rings. The van der Waals surface area contributed by atoms with Crippen molar-refractivity contribution in [1.29, 1.82) is 0 Å². The van der Waals surface area contributed by atoms with Gasteiger partial charge in [-0.3, -0.25) is 14.8 Å². The zero-order chi connectivity index (χ0) is 15.5. The number of carbonyl (C=O) groups is 1. The summed E-state index contributed by atoms with van der Waals surface area (Å²) in [5.41, 5.74) is 0.700. The van der Waals surface area contributed by atoms with Crippen molar-refractivity contribution in [1.82, 2.24) is 20.2 Å². The van der Waals surface area contributed by atoms with Crippen LogP contribution in [0.25, 0.3) is 11.0 Å². The van der Waals surface area contributed by atoms with E-state index in [2.05, 4.69) is 15.3 Å². The van der Waals surface area contributed by atoms with Crippen molar-refractivity contribution >= 4 is 16.9 Å². The summed E-state index contributed by atoms with van der Waals surface area (Å²) in [5.74, 6) is -0.264. The average Bonchev–Trinajstić information content (AvgIpc) is 2.43. The number of carbonyl (C=O) groups excluding carboxylic acids is 1. The third kappa shape index (κ3) is 3.96. The molecule has 21 heavy (non-hydrogen) atoms. The number of nitrogens with one attached hydrogen (secondary N) is 1. The molecule has 1 aromatic carbocycles. The zero-order valence-corrected chi connectivity index (χ0v) is 12.5. The van der Waals surface area contributed by atoms with Crippen molar-refractivity contribution in [2.75, 3.05) is 27.2 Å². The molecule has 0 radical (unpaired) electrons. The molecule has 0 aliphatic rings. The molecule has 112 valence electrons. The minimum atomic E-state index is -0.991. The summed E-state index contributed by atoms with van der Waals surface area (Å²) in [4.78, 5) is 22.5. The summed E-state index contributed by atoms with van der Waals surface area (Å²) in [6.45, 7) is 2.32. The van der Waals surface area contributed by atoms with Crippen LogP contribution >= 0.6 is 0 Å². The number of benzene rings is 1. The maximum Gasteiger partial charge on any atom is 0.253 e. The molecule has 0 spiro atoms. The Morgan fingerprint density at radius 3 is 2.76 bits per heavy atom. The normalized spacial score (nSPS) is 14.1. The third-order valence-electron chi connectivity index (χ3n) is 3.03. The first-order valence-electron chi connectivity index (χ1n) is 6.74. The summed E-state index contributed by atoms with van der Waals surface area (Å²) in [5, 5.41) is 13.0. The second-order valence-corrected chi connectivity index (χ2v) is 5.65. The van der Waals surface area contributed by atoms with Crippen molar-refractivity contribution in [3.8, 4) is 0 Å². The summed E-state index contributed by atoms with van der Waals surface area (Å²) in [6.07, 6.45) is 3.15. The van der Waals surface area contributed by atoms with Crippen LogP contribution in [0.4, 0.5) is 0 Å². The molecule has 1 amide bonds. The van der Waals surface area contributed by atoms with Crippen molar-refractivity contribution in [3.05, 3.63) is 36.2 Å². The highest BCUT2D eigenvalue weighted by molar-refractivity contribution is 6.04. The Kier molecular flexibility index (Phi) is 4.50. The Morgan fingerprint density at radius 1 is 1.33 bits per heavy atom. The Hall–Kier alpha value is -2.05. The van der Waals surface area contributed by atoms with Crippen molar-refractivity contribution in [3.63, 3.8) is 0 Å². The number of aromatic nitrogens is 2. The van der Waals surface area contributed by atoms with Gasteiger partial charge in [-0.05, 0) is 33.2 Å². The molecule has 1 heterocycles. The highest BCUT2D eigenvalue weighted by Gasteiger charge is 2.23. The Balaban J connectivity index is 2.13. The summed E-state index contributed by atoms with van der Waals surface area (Å²) < 4.78 is 0. The number of para-hydroxylation sites is 1. The van der Waals surface area contributed by atoms with E-state index in [0.717, 1.165) is 0 Å². The van der Waals surface area contributed by atoms with Gasteiger partial charge in [-0.2, -0.15) is 0 Å². The first-order chi connectivity index (χ1) is 9.89. The second-order valence-electron chi connectivity index (χ2n) is 5.65. The van der Waals surface area contributed by atoms with Crippen LogP contribution in [0.3, 0.4) is 0 Å². The van der Waals surface area contributed by atoms with Crippen LogP contribution in [0.15, 0.2) is 30.6 Å². The summed E-state index contributed by atoms with van der Waals surface area (Å²) in [7, 11) is 3.74. The number of fused-ring (bicyclic) bond motifs is 1. The molecule has 2 rings (SSSR count). The minimum Gasteiger partial charge on any atom is -0.387 e. The van der Waals surface area contributed by atoms with Crippen LogP contribution in [0.2, 0.25) is 0 Å². The van der Waals surface area contributed by atoms with E-state index in [1.54, 1.807) is 37.5 Å². The predicted octanol–water partition coefficient (Wildman–Crippen LogP) is 0.672. The maximum absolute atomic E-state index is 12.3. The number of aliphatic hydroxyl groups is 1. The Morgan fingerprint density at radius 2 is 2.05 bits per heavy atom. The number of hydrogen-bond donors (Lipinski definition) is 2. The van der Waals surface area contributed by atoms with Crippen molar-refractivity contribution in [2.24, 2.45) is 0 Å². The smallest absolute Gasteiger partial charge is 0.253 e. The molecule has 0 saturated heterocycles. The van der Waals surface area contributed by atoms with E-state index in [-0.39, 0.29) is 12.5 Å². The lowest BCUT2D eigenvalue weighted by atomic mass is 10.1. The fourth-order valence-corrected chi connectivity index (χ4v) is 2.28. The molecule has 0 bridgehead atoms. The van der Waals surface area contributed by atoms with E-state index < -0.39 is 5.60 Å². The number of nitrogens with zero attached hydrogens (tertiary/aromatic N) is 3. The molecule has 6 nitrogen and oxygen atoms in total. The van der Waals surface area contributed by atoms with E-state index in [4.69, 9.17) is 0 Å². The monoisotopic (exact) mass is 288 g/mol. The largest absolute Gasteiger partial charge is 0.387 e. The van der Waals surface area contributed by atoms with Gasteiger partial charge in [0, 0.05) is 25.5 Å². The molecule has 1 atom stereocenters. The van der Waals surface area contributed by atoms with E-state index in [1.165, 1.54) is 0 Å². The van der Waals surface area contributed by atoms with Gasteiger partial charge >= 0.3 is 0 Å². The molecule has 0 saturated carbocycles. The van der Waals surface area contributed by atoms with Gasteiger partial charge < -0.3 is 15.3 Å². The molecule has 1 unspecified atom stereocenters. The lowest BCUT2D eigenvalue weighted by Gasteiger charge is -2.27. The van der Waals surface area contributed by atoms with Crippen LogP contribution in [0.5, 0.6) is 0 Å². The summed E-state index contributed by atoms with van der Waals surface area (Å²) >= 11 is 0. The predicted molar refractivity (Wildman–Crippen MR) is 81.0 cm³/mol. The molecule has 6 heteroatoms. The Bertz CT molecular complexity index is 635. The van der Waals surface area contributed by atoms with Crippen molar-refractivity contribution in [2.45, 2.75) is 12.5 Å². The number of likely N-dealkylation sites (N-methyl/N-ethyl adjacent to an activating group) is 1. The molecule has 1 aromatic heterocycles. The van der Waals surface area contributed by atoms with Crippen LogP contribution in [0, 0.1) is 0 Å². The molecule has 2 N–H and O–H groups in total. The molecule has 0 aliphatic carbocycles. The quantitative estimate of drug-likeness (QED) is 0.845. The molecular weight excluding hydrogens is 268 g/mol. The summed E-state index contributed by atoms with van der Waals surface area (Å²) in [6, 6.07) is 5.28. The number of hydrogen-bond acceptors (Lipinski definition) is 5. The highest BCUT2D eigenvalue weighted by atomic mass is 16.3. The van der Waals surface area contributed by atoms with Crippen molar-refractivity contribution < 1.29 is 9.90 Å². The van der Waals surface area contributed by atoms with Gasteiger partial charge in [0.15, 0.2) is 0 Å². The van der Waals surface area contributed by atoms with Gasteiger partial charge in [-0.15, -0.1) is 0 Å². The highest BCUT2D eigenvalue weighted by Crippen LogP contribution is 2.14. The van der Waals surface area contributed by atoms with E-state index in [1.807, 2.05) is 19.0 Å². The Labute approximate surface area is 123 Å². The lowest BCUT2D eigenvalue weighted by molar-refractivity contribution is 0.0326. The van der Waals surface area contributed by atoms with E-state index in [0.29, 0.717) is 23.1 Å². The van der Waals surface area contributed by atoms with Gasteiger partial charge in [0.1, 0.15) is 5.52 Å². The standard InChI is InChI=1S/C15H20N4O2/c1-15(21,10-19(2)3)9-18-14(20)11-5-4-6-12-13(11)17-8-7-16-12/h4-8,21H,9-10H2,1-3H3,(H,18,20). The lowest BCUT2D eigenvalue weighted by Crippen LogP contribution is -2.47. The van der Waals surface area contributed by atoms with Gasteiger partial charge in [0.05, 0.1) is 16.7 Å². The minimum absolute atomic E-state index is 0.167. The maximum atomic E-state index is 12.3. The average molecular weight is 288 g/mol. The fourth-order valence-electron chi connectivity index (χ4n) is 2.28. The fraction of sp³-hybridized carbons (Fsp3) is 0.400. The van der Waals surface area contributed by atoms with Gasteiger partial charge in [0.25, 0.3) is 5.91 Å². The molecular formula is C15H20N4O2. The first kappa shape index (κ1) is 15.3. The van der Waals surface area contributed by atoms with Gasteiger partial charge in [-0.25, -0.2) is 0 Å². The third-order valence-corrected chi connectivity index (χ3v) is 3.03. The number of rotatable bonds is 5. The van der Waals surface area contributed by atoms with Crippen LogP contribution in [-0.2, 0) is 0 Å². The van der Waals surface area contributed by atoms with Gasteiger partial charge in [0.2, 0.25) is 0 Å². The van der Waals surface area contributed by atoms with Gasteiger partial charge in [-0.1, -0.05) is 6.07 Å². The SMILES string of the molecule is CN(C)CC(C)(O)CNC(=O)c1cccc2nccnc12. The van der Waals surface area contributed by atoms with Crippen LogP contribution < -0.4 is 5.32 Å². The molecule has 0 fully saturated rings. The van der Waals surface area contributed by atoms with E-state index in [9.17, 15) is 9.90 Å². The first-order valence-corrected chi connectivity index (χ1v) is 6.74. The molecule has 0 aliphatic heterocycles.